The highest BCUT2D eigenvalue weighted by molar-refractivity contribution is 5.77. The van der Waals surface area contributed by atoms with Gasteiger partial charge in [0.15, 0.2) is 0 Å². The zero-order chi connectivity index (χ0) is 18.2. The van der Waals surface area contributed by atoms with E-state index in [2.05, 4.69) is 23.2 Å². The molecule has 3 N–H and O–H groups in total. The average Bonchev–Trinajstić information content (AvgIpc) is 2.48. The first-order valence-corrected chi connectivity index (χ1v) is 8.95. The van der Waals surface area contributed by atoms with Crippen molar-refractivity contribution in [2.24, 2.45) is 11.1 Å². The minimum Gasteiger partial charge on any atom is -0.370 e. The summed E-state index contributed by atoms with van der Waals surface area (Å²) in [6.45, 7) is 8.87. The lowest BCUT2D eigenvalue weighted by molar-refractivity contribution is -0.123. The SMILES string of the molecule is CCCN1CCC(C#N)(NC(=O)CCCC(C)(C)CC(N)=O)CC1. The Morgan fingerprint density at radius 3 is 2.46 bits per heavy atom. The summed E-state index contributed by atoms with van der Waals surface area (Å²) >= 11 is 0. The van der Waals surface area contributed by atoms with Crippen LogP contribution >= 0.6 is 0 Å². The van der Waals surface area contributed by atoms with Crippen LogP contribution in [0.15, 0.2) is 0 Å². The Labute approximate surface area is 145 Å². The van der Waals surface area contributed by atoms with E-state index in [4.69, 9.17) is 5.73 Å². The van der Waals surface area contributed by atoms with Crippen LogP contribution in [-0.2, 0) is 9.59 Å². The molecular formula is C18H32N4O2. The van der Waals surface area contributed by atoms with Crippen molar-refractivity contribution >= 4 is 11.8 Å². The molecule has 0 bridgehead atoms. The summed E-state index contributed by atoms with van der Waals surface area (Å²) in [5.74, 6) is -0.387. The molecule has 24 heavy (non-hydrogen) atoms. The first kappa shape index (κ1) is 20.4. The summed E-state index contributed by atoms with van der Waals surface area (Å²) < 4.78 is 0. The molecule has 1 fully saturated rings. The minimum absolute atomic E-state index is 0.0737. The Bertz CT molecular complexity index is 474. The summed E-state index contributed by atoms with van der Waals surface area (Å²) in [7, 11) is 0. The lowest BCUT2D eigenvalue weighted by Gasteiger charge is -2.37. The molecule has 0 aromatic carbocycles. The number of primary amides is 1. The Hall–Kier alpha value is -1.61. The Morgan fingerprint density at radius 2 is 1.96 bits per heavy atom. The summed E-state index contributed by atoms with van der Waals surface area (Å²) in [6.07, 6.45) is 4.62. The van der Waals surface area contributed by atoms with Gasteiger partial charge in [0.2, 0.25) is 11.8 Å². The Kier molecular flexibility index (Phi) is 7.68. The van der Waals surface area contributed by atoms with Crippen LogP contribution in [0.5, 0.6) is 0 Å². The van der Waals surface area contributed by atoms with Crippen LogP contribution in [0, 0.1) is 16.7 Å². The van der Waals surface area contributed by atoms with E-state index in [9.17, 15) is 14.9 Å². The molecule has 1 heterocycles. The van der Waals surface area contributed by atoms with Gasteiger partial charge >= 0.3 is 0 Å². The highest BCUT2D eigenvalue weighted by Crippen LogP contribution is 2.27. The maximum Gasteiger partial charge on any atom is 0.221 e. The molecule has 0 aromatic rings. The average molecular weight is 336 g/mol. The smallest absolute Gasteiger partial charge is 0.221 e. The first-order chi connectivity index (χ1) is 11.2. The molecule has 0 spiro atoms. The topological polar surface area (TPSA) is 99.2 Å². The fourth-order valence-corrected chi connectivity index (χ4v) is 3.36. The summed E-state index contributed by atoms with van der Waals surface area (Å²) in [4.78, 5) is 25.6. The predicted molar refractivity (Wildman–Crippen MR) is 93.9 cm³/mol. The molecule has 136 valence electrons. The van der Waals surface area contributed by atoms with E-state index in [-0.39, 0.29) is 17.2 Å². The maximum absolute atomic E-state index is 12.2. The van der Waals surface area contributed by atoms with E-state index in [1.54, 1.807) is 0 Å². The number of hydrogen-bond donors (Lipinski definition) is 2. The van der Waals surface area contributed by atoms with Crippen LogP contribution in [0.25, 0.3) is 0 Å². The second-order valence-corrected chi connectivity index (χ2v) is 7.74. The normalized spacial score (nSPS) is 17.9. The molecule has 0 saturated carbocycles. The van der Waals surface area contributed by atoms with Crippen molar-refractivity contribution in [3.05, 3.63) is 0 Å². The maximum atomic E-state index is 12.2. The van der Waals surface area contributed by atoms with Crippen LogP contribution in [0.1, 0.15) is 65.7 Å². The van der Waals surface area contributed by atoms with E-state index in [0.717, 1.165) is 32.5 Å². The molecule has 0 radical (unpaired) electrons. The van der Waals surface area contributed by atoms with Crippen molar-refractivity contribution < 1.29 is 9.59 Å². The number of amides is 2. The molecule has 1 saturated heterocycles. The fourth-order valence-electron chi connectivity index (χ4n) is 3.36. The zero-order valence-corrected chi connectivity index (χ0v) is 15.4. The lowest BCUT2D eigenvalue weighted by atomic mass is 9.83. The van der Waals surface area contributed by atoms with Crippen molar-refractivity contribution in [2.75, 3.05) is 19.6 Å². The zero-order valence-electron chi connectivity index (χ0n) is 15.4. The van der Waals surface area contributed by atoms with Gasteiger partial charge in [-0.05, 0) is 44.1 Å². The van der Waals surface area contributed by atoms with Gasteiger partial charge < -0.3 is 16.0 Å². The fraction of sp³-hybridized carbons (Fsp3) is 0.833. The predicted octanol–water partition coefficient (Wildman–Crippen LogP) is 1.94. The monoisotopic (exact) mass is 336 g/mol. The number of nitrogens with zero attached hydrogens (tertiary/aromatic N) is 2. The highest BCUT2D eigenvalue weighted by Gasteiger charge is 2.35. The van der Waals surface area contributed by atoms with Gasteiger partial charge in [-0.15, -0.1) is 0 Å². The first-order valence-electron chi connectivity index (χ1n) is 8.95. The molecule has 6 heteroatoms. The highest BCUT2D eigenvalue weighted by atomic mass is 16.2. The molecule has 0 aromatic heterocycles. The third kappa shape index (κ3) is 6.88. The number of rotatable bonds is 9. The number of hydrogen-bond acceptors (Lipinski definition) is 4. The van der Waals surface area contributed by atoms with Crippen molar-refractivity contribution in [1.29, 1.82) is 5.26 Å². The lowest BCUT2D eigenvalue weighted by Crippen LogP contribution is -2.54. The van der Waals surface area contributed by atoms with Gasteiger partial charge in [0.25, 0.3) is 0 Å². The van der Waals surface area contributed by atoms with E-state index < -0.39 is 5.54 Å². The summed E-state index contributed by atoms with van der Waals surface area (Å²) in [5, 5.41) is 12.5. The third-order valence-electron chi connectivity index (χ3n) is 4.75. The molecular weight excluding hydrogens is 304 g/mol. The van der Waals surface area contributed by atoms with Gasteiger partial charge in [0, 0.05) is 25.9 Å². The molecule has 0 atom stereocenters. The van der Waals surface area contributed by atoms with Crippen molar-refractivity contribution in [3.63, 3.8) is 0 Å². The van der Waals surface area contributed by atoms with E-state index in [1.165, 1.54) is 0 Å². The third-order valence-corrected chi connectivity index (χ3v) is 4.75. The number of nitrogens with two attached hydrogens (primary N) is 1. The molecule has 6 nitrogen and oxygen atoms in total. The number of piperidine rings is 1. The number of nitrogens with one attached hydrogen (secondary N) is 1. The quantitative estimate of drug-likeness (QED) is 0.672. The van der Waals surface area contributed by atoms with Gasteiger partial charge in [-0.25, -0.2) is 0 Å². The molecule has 0 aliphatic carbocycles. The Balaban J connectivity index is 2.41. The molecule has 2 amide bonds. The van der Waals surface area contributed by atoms with Crippen molar-refractivity contribution in [3.8, 4) is 6.07 Å². The van der Waals surface area contributed by atoms with E-state index in [1.807, 2.05) is 13.8 Å². The van der Waals surface area contributed by atoms with Gasteiger partial charge in [-0.3, -0.25) is 9.59 Å². The molecule has 1 aliphatic heterocycles. The number of carbonyl (C=O) groups excluding carboxylic acids is 2. The Morgan fingerprint density at radius 1 is 1.33 bits per heavy atom. The van der Waals surface area contributed by atoms with Crippen molar-refractivity contribution in [1.82, 2.24) is 10.2 Å². The largest absolute Gasteiger partial charge is 0.370 e. The standard InChI is InChI=1S/C18H32N4O2/c1-4-10-22-11-8-18(14-19,9-12-22)21-16(24)6-5-7-17(2,3)13-15(20)23/h4-13H2,1-3H3,(H2,20,23)(H,21,24). The second kappa shape index (κ2) is 9.03. The summed E-state index contributed by atoms with van der Waals surface area (Å²) in [5.41, 5.74) is 4.34. The molecule has 1 aliphatic rings. The van der Waals surface area contributed by atoms with Crippen LogP contribution in [-0.4, -0.2) is 41.9 Å². The van der Waals surface area contributed by atoms with Gasteiger partial charge in [-0.2, -0.15) is 5.26 Å². The number of carbonyl (C=O) groups is 2. The molecule has 1 rings (SSSR count). The second-order valence-electron chi connectivity index (χ2n) is 7.74. The van der Waals surface area contributed by atoms with Crippen LogP contribution in [0.4, 0.5) is 0 Å². The molecule has 0 unspecified atom stereocenters. The van der Waals surface area contributed by atoms with Gasteiger partial charge in [0.1, 0.15) is 5.54 Å². The van der Waals surface area contributed by atoms with Crippen molar-refractivity contribution in [2.45, 2.75) is 71.3 Å². The van der Waals surface area contributed by atoms with E-state index in [0.29, 0.717) is 32.1 Å². The van der Waals surface area contributed by atoms with Gasteiger partial charge in [0.05, 0.1) is 6.07 Å². The number of nitriles is 1. The van der Waals surface area contributed by atoms with Crippen LogP contribution in [0.3, 0.4) is 0 Å². The summed E-state index contributed by atoms with van der Waals surface area (Å²) in [6, 6.07) is 2.32. The minimum atomic E-state index is -0.718. The van der Waals surface area contributed by atoms with Gasteiger partial charge in [-0.1, -0.05) is 20.8 Å². The van der Waals surface area contributed by atoms with Crippen LogP contribution < -0.4 is 11.1 Å². The van der Waals surface area contributed by atoms with Crippen LogP contribution in [0.2, 0.25) is 0 Å². The number of likely N-dealkylation sites (tertiary alicyclic amines) is 1. The van der Waals surface area contributed by atoms with E-state index >= 15 is 0 Å².